The molecule has 2 rings (SSSR count). The molecular weight excluding hydrogens is 230 g/mol. The molecule has 0 amide bonds. The van der Waals surface area contributed by atoms with Crippen molar-refractivity contribution in [2.45, 2.75) is 13.1 Å². The number of nitrogens with one attached hydrogen (secondary N) is 1. The van der Waals surface area contributed by atoms with Crippen molar-refractivity contribution in [3.05, 3.63) is 29.3 Å². The van der Waals surface area contributed by atoms with E-state index in [1.165, 1.54) is 5.56 Å². The standard InChI is InChI=1S/C13H21N3O2/c1-17-13-3-2-11(8-12(13)9-15-14)10-16-4-6-18-7-5-16/h2-3,8,15H,4-7,9-10,14H2,1H3. The lowest BCUT2D eigenvalue weighted by Crippen LogP contribution is -2.35. The Labute approximate surface area is 108 Å². The topological polar surface area (TPSA) is 59.8 Å². The van der Waals surface area contributed by atoms with Gasteiger partial charge in [0.15, 0.2) is 0 Å². The second-order valence-corrected chi connectivity index (χ2v) is 4.42. The molecule has 0 saturated carbocycles. The van der Waals surface area contributed by atoms with Crippen LogP contribution in [0.25, 0.3) is 0 Å². The fraction of sp³-hybridized carbons (Fsp3) is 0.538. The number of morpholine rings is 1. The Kier molecular flexibility index (Phi) is 4.95. The van der Waals surface area contributed by atoms with Crippen LogP contribution in [0, 0.1) is 0 Å². The average Bonchev–Trinajstić information content (AvgIpc) is 2.41. The van der Waals surface area contributed by atoms with Crippen LogP contribution in [0.4, 0.5) is 0 Å². The predicted molar refractivity (Wildman–Crippen MR) is 70.1 cm³/mol. The molecule has 0 aliphatic carbocycles. The molecule has 1 fully saturated rings. The molecule has 5 nitrogen and oxygen atoms in total. The van der Waals surface area contributed by atoms with Crippen LogP contribution < -0.4 is 16.0 Å². The number of ether oxygens (including phenoxy) is 2. The summed E-state index contributed by atoms with van der Waals surface area (Å²) < 4.78 is 10.7. The Morgan fingerprint density at radius 3 is 2.83 bits per heavy atom. The summed E-state index contributed by atoms with van der Waals surface area (Å²) in [6.45, 7) is 5.21. The summed E-state index contributed by atoms with van der Waals surface area (Å²) in [5.74, 6) is 6.26. The summed E-state index contributed by atoms with van der Waals surface area (Å²) in [6, 6.07) is 6.25. The minimum atomic E-state index is 0.611. The average molecular weight is 251 g/mol. The van der Waals surface area contributed by atoms with Gasteiger partial charge in [0.25, 0.3) is 0 Å². The molecular formula is C13H21N3O2. The molecule has 0 atom stereocenters. The van der Waals surface area contributed by atoms with Crippen LogP contribution in [0.15, 0.2) is 18.2 Å². The van der Waals surface area contributed by atoms with E-state index >= 15 is 0 Å². The van der Waals surface area contributed by atoms with Crippen molar-refractivity contribution in [3.63, 3.8) is 0 Å². The number of rotatable bonds is 5. The number of hydrogen-bond donors (Lipinski definition) is 2. The van der Waals surface area contributed by atoms with Gasteiger partial charge in [0.05, 0.1) is 20.3 Å². The Balaban J connectivity index is 2.05. The number of methoxy groups -OCH3 is 1. The molecule has 1 aromatic rings. The highest BCUT2D eigenvalue weighted by atomic mass is 16.5. The summed E-state index contributed by atoms with van der Waals surface area (Å²) in [5, 5.41) is 0. The predicted octanol–water partition coefficient (Wildman–Crippen LogP) is 0.491. The lowest BCUT2D eigenvalue weighted by molar-refractivity contribution is 0.0342. The van der Waals surface area contributed by atoms with Gasteiger partial charge < -0.3 is 9.47 Å². The van der Waals surface area contributed by atoms with Crippen LogP contribution in [0.1, 0.15) is 11.1 Å². The van der Waals surface area contributed by atoms with E-state index in [4.69, 9.17) is 15.3 Å². The first kappa shape index (κ1) is 13.3. The molecule has 5 heteroatoms. The minimum absolute atomic E-state index is 0.611. The number of hydrazine groups is 1. The molecule has 0 bridgehead atoms. The second-order valence-electron chi connectivity index (χ2n) is 4.42. The van der Waals surface area contributed by atoms with Crippen LogP contribution in [0.3, 0.4) is 0 Å². The zero-order valence-electron chi connectivity index (χ0n) is 10.8. The molecule has 1 heterocycles. The van der Waals surface area contributed by atoms with Gasteiger partial charge in [-0.15, -0.1) is 0 Å². The van der Waals surface area contributed by atoms with Gasteiger partial charge in [-0.25, -0.2) is 0 Å². The summed E-state index contributed by atoms with van der Waals surface area (Å²) >= 11 is 0. The van der Waals surface area contributed by atoms with E-state index in [1.54, 1.807) is 7.11 Å². The maximum absolute atomic E-state index is 5.39. The Morgan fingerprint density at radius 2 is 2.17 bits per heavy atom. The number of benzene rings is 1. The maximum atomic E-state index is 5.39. The van der Waals surface area contributed by atoms with Crippen LogP contribution in [0.5, 0.6) is 5.75 Å². The quantitative estimate of drug-likeness (QED) is 0.589. The van der Waals surface area contributed by atoms with Gasteiger partial charge in [0, 0.05) is 31.7 Å². The second kappa shape index (κ2) is 6.70. The molecule has 1 aliphatic rings. The summed E-state index contributed by atoms with van der Waals surface area (Å²) in [7, 11) is 1.68. The number of nitrogens with zero attached hydrogens (tertiary/aromatic N) is 1. The van der Waals surface area contributed by atoms with Crippen molar-refractivity contribution in [1.29, 1.82) is 0 Å². The van der Waals surface area contributed by atoms with E-state index < -0.39 is 0 Å². The molecule has 1 aliphatic heterocycles. The highest BCUT2D eigenvalue weighted by Crippen LogP contribution is 2.20. The van der Waals surface area contributed by atoms with Crippen molar-refractivity contribution >= 4 is 0 Å². The monoisotopic (exact) mass is 251 g/mol. The first-order valence-corrected chi connectivity index (χ1v) is 6.23. The summed E-state index contributed by atoms with van der Waals surface area (Å²) in [4.78, 5) is 2.39. The van der Waals surface area contributed by atoms with Crippen LogP contribution in [0.2, 0.25) is 0 Å². The lowest BCUT2D eigenvalue weighted by Gasteiger charge is -2.26. The van der Waals surface area contributed by atoms with Gasteiger partial charge >= 0.3 is 0 Å². The van der Waals surface area contributed by atoms with Gasteiger partial charge in [-0.3, -0.25) is 16.2 Å². The number of hydrogen-bond acceptors (Lipinski definition) is 5. The van der Waals surface area contributed by atoms with Gasteiger partial charge in [-0.1, -0.05) is 6.07 Å². The van der Waals surface area contributed by atoms with Gasteiger partial charge in [0.2, 0.25) is 0 Å². The first-order valence-electron chi connectivity index (χ1n) is 6.23. The Hall–Kier alpha value is -1.14. The largest absolute Gasteiger partial charge is 0.496 e. The molecule has 0 radical (unpaired) electrons. The third-order valence-electron chi connectivity index (χ3n) is 3.15. The normalized spacial score (nSPS) is 16.8. The fourth-order valence-corrected chi connectivity index (χ4v) is 2.20. The van der Waals surface area contributed by atoms with Crippen molar-refractivity contribution in [3.8, 4) is 5.75 Å². The molecule has 1 aromatic carbocycles. The maximum Gasteiger partial charge on any atom is 0.123 e. The molecule has 1 saturated heterocycles. The van der Waals surface area contributed by atoms with Gasteiger partial charge in [-0.2, -0.15) is 0 Å². The minimum Gasteiger partial charge on any atom is -0.496 e. The van der Waals surface area contributed by atoms with E-state index in [1.807, 2.05) is 6.07 Å². The molecule has 0 aromatic heterocycles. The number of nitrogens with two attached hydrogens (primary N) is 1. The van der Waals surface area contributed by atoms with Crippen LogP contribution in [-0.4, -0.2) is 38.3 Å². The van der Waals surface area contributed by atoms with E-state index in [0.717, 1.165) is 44.2 Å². The Morgan fingerprint density at radius 1 is 1.39 bits per heavy atom. The first-order chi connectivity index (χ1) is 8.83. The molecule has 0 spiro atoms. The van der Waals surface area contributed by atoms with E-state index in [0.29, 0.717) is 6.54 Å². The van der Waals surface area contributed by atoms with E-state index in [-0.39, 0.29) is 0 Å². The van der Waals surface area contributed by atoms with Gasteiger partial charge in [0.1, 0.15) is 5.75 Å². The SMILES string of the molecule is COc1ccc(CN2CCOCC2)cc1CNN. The van der Waals surface area contributed by atoms with Crippen molar-refractivity contribution < 1.29 is 9.47 Å². The van der Waals surface area contributed by atoms with Crippen LogP contribution >= 0.6 is 0 Å². The summed E-state index contributed by atoms with van der Waals surface area (Å²) in [6.07, 6.45) is 0. The smallest absolute Gasteiger partial charge is 0.123 e. The van der Waals surface area contributed by atoms with Crippen LogP contribution in [-0.2, 0) is 17.8 Å². The molecule has 18 heavy (non-hydrogen) atoms. The zero-order chi connectivity index (χ0) is 12.8. The van der Waals surface area contributed by atoms with Crippen molar-refractivity contribution in [2.24, 2.45) is 5.84 Å². The highest BCUT2D eigenvalue weighted by molar-refractivity contribution is 5.37. The third kappa shape index (κ3) is 3.43. The summed E-state index contributed by atoms with van der Waals surface area (Å²) in [5.41, 5.74) is 5.05. The zero-order valence-corrected chi connectivity index (χ0v) is 10.8. The van der Waals surface area contributed by atoms with Crippen molar-refractivity contribution in [1.82, 2.24) is 10.3 Å². The Bertz CT molecular complexity index is 378. The van der Waals surface area contributed by atoms with E-state index in [9.17, 15) is 0 Å². The lowest BCUT2D eigenvalue weighted by atomic mass is 10.1. The fourth-order valence-electron chi connectivity index (χ4n) is 2.20. The highest BCUT2D eigenvalue weighted by Gasteiger charge is 2.11. The van der Waals surface area contributed by atoms with Gasteiger partial charge in [-0.05, 0) is 17.7 Å². The molecule has 3 N–H and O–H groups in total. The third-order valence-corrected chi connectivity index (χ3v) is 3.15. The van der Waals surface area contributed by atoms with E-state index in [2.05, 4.69) is 22.5 Å². The van der Waals surface area contributed by atoms with Crippen molar-refractivity contribution in [2.75, 3.05) is 33.4 Å². The molecule has 0 unspecified atom stereocenters. The molecule has 100 valence electrons.